The molecule has 0 bridgehead atoms. The standard InChI is InChI=1S/C23H45NO14/c25-5-1-8-35-10-12-37-14-15-38-13-11-36-9-4-24(16-19(30)20(31)17(28)2-6-26)23(34)22(33)21(32)18(29)3-7-27/h5,17-22,26-33H,1-4,6-16H2. The van der Waals surface area contributed by atoms with Crippen LogP contribution >= 0.6 is 0 Å². The van der Waals surface area contributed by atoms with Crippen LogP contribution in [0, 0.1) is 0 Å². The van der Waals surface area contributed by atoms with Crippen LogP contribution in [0.2, 0.25) is 0 Å². The molecule has 0 rings (SSSR count). The van der Waals surface area contributed by atoms with Crippen molar-refractivity contribution in [2.24, 2.45) is 0 Å². The molecule has 15 nitrogen and oxygen atoms in total. The van der Waals surface area contributed by atoms with Crippen LogP contribution in [-0.2, 0) is 28.5 Å². The number of hydrogen-bond acceptors (Lipinski definition) is 14. The largest absolute Gasteiger partial charge is 0.396 e. The highest BCUT2D eigenvalue weighted by Crippen LogP contribution is 2.11. The second kappa shape index (κ2) is 23.5. The van der Waals surface area contributed by atoms with Gasteiger partial charge < -0.3 is 69.5 Å². The Morgan fingerprint density at radius 3 is 1.58 bits per heavy atom. The number of aliphatic hydroxyl groups excluding tert-OH is 8. The van der Waals surface area contributed by atoms with Crippen LogP contribution < -0.4 is 0 Å². The van der Waals surface area contributed by atoms with E-state index in [1.54, 1.807) is 0 Å². The van der Waals surface area contributed by atoms with Crippen molar-refractivity contribution in [3.63, 3.8) is 0 Å². The summed E-state index contributed by atoms with van der Waals surface area (Å²) in [5.41, 5.74) is 0. The molecule has 38 heavy (non-hydrogen) atoms. The highest BCUT2D eigenvalue weighted by atomic mass is 16.6. The Hall–Kier alpha value is -1.34. The molecule has 0 spiro atoms. The van der Waals surface area contributed by atoms with E-state index in [9.17, 15) is 40.2 Å². The fraction of sp³-hybridized carbons (Fsp3) is 0.913. The second-order valence-corrected chi connectivity index (χ2v) is 8.34. The lowest BCUT2D eigenvalue weighted by atomic mass is 10.0. The first-order valence-corrected chi connectivity index (χ1v) is 12.5. The van der Waals surface area contributed by atoms with Gasteiger partial charge in [0.25, 0.3) is 5.91 Å². The number of hydrogen-bond donors (Lipinski definition) is 8. The van der Waals surface area contributed by atoms with Gasteiger partial charge >= 0.3 is 0 Å². The molecular formula is C23H45NO14. The Morgan fingerprint density at radius 2 is 1.11 bits per heavy atom. The Kier molecular flexibility index (Phi) is 22.7. The molecular weight excluding hydrogens is 514 g/mol. The van der Waals surface area contributed by atoms with Crippen molar-refractivity contribution in [2.45, 2.75) is 55.9 Å². The molecule has 0 aromatic rings. The van der Waals surface area contributed by atoms with Crippen molar-refractivity contribution in [3.8, 4) is 0 Å². The molecule has 6 atom stereocenters. The summed E-state index contributed by atoms with van der Waals surface area (Å²) in [6.45, 7) is 0.275. The summed E-state index contributed by atoms with van der Waals surface area (Å²) >= 11 is 0. The molecule has 0 aromatic carbocycles. The van der Waals surface area contributed by atoms with E-state index in [2.05, 4.69) is 0 Å². The SMILES string of the molecule is O=CCCOCCOCCOCCOCCN(CC(O)C(O)C(O)CCO)C(=O)C(O)C(O)C(O)CCO. The van der Waals surface area contributed by atoms with Crippen LogP contribution in [0.4, 0.5) is 0 Å². The minimum absolute atomic E-state index is 0.0756. The van der Waals surface area contributed by atoms with Crippen molar-refractivity contribution in [1.29, 1.82) is 0 Å². The molecule has 6 unspecified atom stereocenters. The van der Waals surface area contributed by atoms with Gasteiger partial charge in [0.05, 0.1) is 71.2 Å². The molecule has 0 aliphatic carbocycles. The summed E-state index contributed by atoms with van der Waals surface area (Å²) in [6, 6.07) is 0. The van der Waals surface area contributed by atoms with Gasteiger partial charge in [-0.05, 0) is 12.8 Å². The van der Waals surface area contributed by atoms with Crippen LogP contribution in [0.25, 0.3) is 0 Å². The van der Waals surface area contributed by atoms with E-state index < -0.39 is 62.3 Å². The van der Waals surface area contributed by atoms with E-state index in [0.29, 0.717) is 39.5 Å². The van der Waals surface area contributed by atoms with Gasteiger partial charge in [0.2, 0.25) is 0 Å². The molecule has 0 aliphatic heterocycles. The van der Waals surface area contributed by atoms with E-state index in [1.807, 2.05) is 0 Å². The smallest absolute Gasteiger partial charge is 0.254 e. The lowest BCUT2D eigenvalue weighted by molar-refractivity contribution is -0.156. The van der Waals surface area contributed by atoms with Gasteiger partial charge in [0, 0.05) is 32.7 Å². The number of ether oxygens (including phenoxy) is 4. The van der Waals surface area contributed by atoms with Crippen molar-refractivity contribution >= 4 is 12.2 Å². The number of nitrogens with zero attached hydrogens (tertiary/aromatic N) is 1. The number of aldehydes is 1. The van der Waals surface area contributed by atoms with Crippen LogP contribution in [-0.4, -0.2) is 174 Å². The lowest BCUT2D eigenvalue weighted by Crippen LogP contribution is -2.53. The molecule has 15 heteroatoms. The summed E-state index contributed by atoms with van der Waals surface area (Å²) < 4.78 is 21.2. The quantitative estimate of drug-likeness (QED) is 0.0368. The Balaban J connectivity index is 4.57. The van der Waals surface area contributed by atoms with E-state index in [4.69, 9.17) is 29.2 Å². The first-order valence-electron chi connectivity index (χ1n) is 12.5. The van der Waals surface area contributed by atoms with Crippen LogP contribution in [0.1, 0.15) is 19.3 Å². The average Bonchev–Trinajstić information content (AvgIpc) is 2.90. The number of carbonyl (C=O) groups is 2. The average molecular weight is 560 g/mol. The fourth-order valence-corrected chi connectivity index (χ4v) is 3.10. The van der Waals surface area contributed by atoms with Gasteiger partial charge in [0.15, 0.2) is 6.10 Å². The predicted octanol–water partition coefficient (Wildman–Crippen LogP) is -4.60. The Morgan fingerprint density at radius 1 is 0.658 bits per heavy atom. The molecule has 1 amide bonds. The predicted molar refractivity (Wildman–Crippen MR) is 130 cm³/mol. The zero-order chi connectivity index (χ0) is 28.8. The third kappa shape index (κ3) is 16.6. The second-order valence-electron chi connectivity index (χ2n) is 8.34. The van der Waals surface area contributed by atoms with Crippen LogP contribution in [0.15, 0.2) is 0 Å². The van der Waals surface area contributed by atoms with Gasteiger partial charge in [-0.1, -0.05) is 0 Å². The highest BCUT2D eigenvalue weighted by molar-refractivity contribution is 5.81. The summed E-state index contributed by atoms with van der Waals surface area (Å²) in [5, 5.41) is 77.9. The fourth-order valence-electron chi connectivity index (χ4n) is 3.10. The lowest BCUT2D eigenvalue weighted by Gasteiger charge is -2.32. The maximum absolute atomic E-state index is 12.7. The van der Waals surface area contributed by atoms with Gasteiger partial charge in [-0.3, -0.25) is 4.79 Å². The monoisotopic (exact) mass is 559 g/mol. The third-order valence-electron chi connectivity index (χ3n) is 5.33. The van der Waals surface area contributed by atoms with Crippen molar-refractivity contribution < 1.29 is 69.4 Å². The van der Waals surface area contributed by atoms with Gasteiger partial charge in [-0.2, -0.15) is 0 Å². The number of aliphatic hydroxyl groups is 8. The maximum atomic E-state index is 12.7. The zero-order valence-electron chi connectivity index (χ0n) is 21.6. The maximum Gasteiger partial charge on any atom is 0.254 e. The van der Waals surface area contributed by atoms with Gasteiger partial charge in [0.1, 0.15) is 18.5 Å². The molecule has 0 fully saturated rings. The van der Waals surface area contributed by atoms with E-state index >= 15 is 0 Å². The topological polar surface area (TPSA) is 236 Å². The summed E-state index contributed by atoms with van der Waals surface area (Å²) in [7, 11) is 0. The Bertz CT molecular complexity index is 586. The minimum Gasteiger partial charge on any atom is -0.396 e. The first-order chi connectivity index (χ1) is 18.2. The van der Waals surface area contributed by atoms with Gasteiger partial charge in [-0.25, -0.2) is 0 Å². The zero-order valence-corrected chi connectivity index (χ0v) is 21.6. The van der Waals surface area contributed by atoms with Crippen LogP contribution in [0.3, 0.4) is 0 Å². The number of amides is 1. The minimum atomic E-state index is -2.10. The summed E-state index contributed by atoms with van der Waals surface area (Å²) in [4.78, 5) is 23.8. The molecule has 226 valence electrons. The van der Waals surface area contributed by atoms with E-state index in [0.717, 1.165) is 11.2 Å². The summed E-state index contributed by atoms with van der Waals surface area (Å²) in [6.07, 6.45) is -9.84. The van der Waals surface area contributed by atoms with Crippen molar-refractivity contribution in [2.75, 3.05) is 79.2 Å². The highest BCUT2D eigenvalue weighted by Gasteiger charge is 2.35. The van der Waals surface area contributed by atoms with E-state index in [-0.39, 0.29) is 39.2 Å². The Labute approximate surface area is 222 Å². The normalized spacial score (nSPS) is 16.4. The molecule has 0 heterocycles. The van der Waals surface area contributed by atoms with Crippen molar-refractivity contribution in [1.82, 2.24) is 4.90 Å². The molecule has 8 N–H and O–H groups in total. The molecule has 0 saturated carbocycles. The van der Waals surface area contributed by atoms with E-state index in [1.165, 1.54) is 0 Å². The molecule has 0 aliphatic rings. The molecule has 0 radical (unpaired) electrons. The third-order valence-corrected chi connectivity index (χ3v) is 5.33. The number of carbonyl (C=O) groups excluding carboxylic acids is 2. The summed E-state index contributed by atoms with van der Waals surface area (Å²) in [5.74, 6) is -1.08. The number of rotatable bonds is 26. The molecule has 0 saturated heterocycles. The van der Waals surface area contributed by atoms with Crippen molar-refractivity contribution in [3.05, 3.63) is 0 Å². The molecule has 0 aromatic heterocycles. The van der Waals surface area contributed by atoms with Gasteiger partial charge in [-0.15, -0.1) is 0 Å². The first kappa shape index (κ1) is 36.7. The van der Waals surface area contributed by atoms with Crippen LogP contribution in [0.5, 0.6) is 0 Å².